The predicted molar refractivity (Wildman–Crippen MR) is 117 cm³/mol. The van der Waals surface area contributed by atoms with Crippen molar-refractivity contribution in [2.45, 2.75) is 39.2 Å². The van der Waals surface area contributed by atoms with Crippen molar-refractivity contribution in [2.75, 3.05) is 12.4 Å². The Balaban J connectivity index is 1.64. The fourth-order valence-corrected chi connectivity index (χ4v) is 3.31. The number of rotatable bonds is 9. The molecule has 7 nitrogen and oxygen atoms in total. The second-order valence-electron chi connectivity index (χ2n) is 7.33. The van der Waals surface area contributed by atoms with Gasteiger partial charge < -0.3 is 15.0 Å². The van der Waals surface area contributed by atoms with Gasteiger partial charge in [0.2, 0.25) is 17.8 Å². The molecule has 2 atom stereocenters. The molecule has 3 N–H and O–H groups in total. The van der Waals surface area contributed by atoms with Crippen LogP contribution in [0.4, 0.5) is 5.95 Å². The van der Waals surface area contributed by atoms with Crippen LogP contribution in [0.5, 0.6) is 5.75 Å². The van der Waals surface area contributed by atoms with Gasteiger partial charge in [-0.1, -0.05) is 50.6 Å². The summed E-state index contributed by atoms with van der Waals surface area (Å²) < 4.78 is 5.34. The Labute approximate surface area is 176 Å². The average molecular weight is 409 g/mol. The molecular weight excluding hydrogens is 380 g/mol. The number of fused-ring (bicyclic) bond motifs is 1. The van der Waals surface area contributed by atoms with Gasteiger partial charge in [-0.15, -0.1) is 0 Å². The molecule has 158 valence electrons. The van der Waals surface area contributed by atoms with Crippen LogP contribution in [-0.4, -0.2) is 34.9 Å². The summed E-state index contributed by atoms with van der Waals surface area (Å²) in [6, 6.07) is 14.5. The number of H-pyrrole nitrogens is 1. The van der Waals surface area contributed by atoms with E-state index >= 15 is 0 Å². The smallest absolute Gasteiger partial charge is 0.249 e. The maximum atomic E-state index is 12.9. The highest BCUT2D eigenvalue weighted by atomic mass is 16.5. The van der Waals surface area contributed by atoms with Crippen molar-refractivity contribution in [2.24, 2.45) is 5.92 Å². The number of aromatic amines is 1. The van der Waals surface area contributed by atoms with Crippen LogP contribution in [0.15, 0.2) is 48.5 Å². The number of methoxy groups -OCH3 is 1. The molecule has 0 aliphatic heterocycles. The maximum absolute atomic E-state index is 12.9. The van der Waals surface area contributed by atoms with E-state index in [9.17, 15) is 9.59 Å². The SMILES string of the molecule is CC[C@H](C)[C@@H](NC(=O)CCc1ccccc1OC)C(=O)Nc1nc2ccccc2[nH]1. The predicted octanol–water partition coefficient (Wildman–Crippen LogP) is 3.67. The number of carbonyl (C=O) groups excluding carboxylic acids is 2. The lowest BCUT2D eigenvalue weighted by molar-refractivity contribution is -0.127. The number of hydrogen-bond donors (Lipinski definition) is 3. The molecule has 0 aliphatic rings. The molecule has 0 radical (unpaired) electrons. The maximum Gasteiger partial charge on any atom is 0.249 e. The number of hydrogen-bond acceptors (Lipinski definition) is 4. The Morgan fingerprint density at radius 2 is 1.87 bits per heavy atom. The Kier molecular flexibility index (Phi) is 7.06. The largest absolute Gasteiger partial charge is 0.496 e. The van der Waals surface area contributed by atoms with E-state index in [0.717, 1.165) is 28.8 Å². The molecule has 3 rings (SSSR count). The number of ether oxygens (including phenoxy) is 1. The van der Waals surface area contributed by atoms with Crippen molar-refractivity contribution >= 4 is 28.8 Å². The number of nitrogens with zero attached hydrogens (tertiary/aromatic N) is 1. The summed E-state index contributed by atoms with van der Waals surface area (Å²) in [6.07, 6.45) is 1.56. The van der Waals surface area contributed by atoms with E-state index in [1.165, 1.54) is 0 Å². The van der Waals surface area contributed by atoms with Crippen molar-refractivity contribution in [3.8, 4) is 5.75 Å². The quantitative estimate of drug-likeness (QED) is 0.503. The first-order valence-electron chi connectivity index (χ1n) is 10.2. The van der Waals surface area contributed by atoms with E-state index in [1.807, 2.05) is 62.4 Å². The summed E-state index contributed by atoms with van der Waals surface area (Å²) in [5.41, 5.74) is 2.57. The van der Waals surface area contributed by atoms with Gasteiger partial charge in [-0.05, 0) is 36.1 Å². The molecule has 0 bridgehead atoms. The molecular formula is C23H28N4O3. The Hall–Kier alpha value is -3.35. The van der Waals surface area contributed by atoms with E-state index in [1.54, 1.807) is 7.11 Å². The molecule has 3 aromatic rings. The zero-order chi connectivity index (χ0) is 21.5. The molecule has 1 heterocycles. The van der Waals surface area contributed by atoms with Crippen molar-refractivity contribution < 1.29 is 14.3 Å². The van der Waals surface area contributed by atoms with Crippen molar-refractivity contribution in [3.63, 3.8) is 0 Å². The number of benzene rings is 2. The van der Waals surface area contributed by atoms with Crippen molar-refractivity contribution in [1.82, 2.24) is 15.3 Å². The molecule has 0 saturated heterocycles. The summed E-state index contributed by atoms with van der Waals surface area (Å²) >= 11 is 0. The number of imidazole rings is 1. The van der Waals surface area contributed by atoms with Crippen LogP contribution in [0, 0.1) is 5.92 Å². The van der Waals surface area contributed by atoms with Crippen LogP contribution >= 0.6 is 0 Å². The highest BCUT2D eigenvalue weighted by Gasteiger charge is 2.26. The first-order valence-corrected chi connectivity index (χ1v) is 10.2. The van der Waals surface area contributed by atoms with Gasteiger partial charge in [0.25, 0.3) is 0 Å². The van der Waals surface area contributed by atoms with E-state index < -0.39 is 6.04 Å². The third-order valence-corrected chi connectivity index (χ3v) is 5.26. The number of aryl methyl sites for hydroxylation is 1. The minimum atomic E-state index is -0.645. The fraction of sp³-hybridized carbons (Fsp3) is 0.348. The van der Waals surface area contributed by atoms with Gasteiger partial charge in [-0.25, -0.2) is 4.98 Å². The van der Waals surface area contributed by atoms with Gasteiger partial charge >= 0.3 is 0 Å². The fourth-order valence-electron chi connectivity index (χ4n) is 3.31. The van der Waals surface area contributed by atoms with Crippen LogP contribution in [0.1, 0.15) is 32.3 Å². The lowest BCUT2D eigenvalue weighted by Gasteiger charge is -2.23. The average Bonchev–Trinajstić information content (AvgIpc) is 3.17. The molecule has 0 spiro atoms. The molecule has 0 aliphatic carbocycles. The van der Waals surface area contributed by atoms with Gasteiger partial charge in [0.1, 0.15) is 11.8 Å². The first kappa shape index (κ1) is 21.4. The highest BCUT2D eigenvalue weighted by Crippen LogP contribution is 2.19. The lowest BCUT2D eigenvalue weighted by Crippen LogP contribution is -2.47. The molecule has 30 heavy (non-hydrogen) atoms. The Bertz CT molecular complexity index is 981. The summed E-state index contributed by atoms with van der Waals surface area (Å²) in [5.74, 6) is 0.647. The summed E-state index contributed by atoms with van der Waals surface area (Å²) in [5, 5.41) is 5.70. The molecule has 1 aromatic heterocycles. The zero-order valence-electron chi connectivity index (χ0n) is 17.6. The monoisotopic (exact) mass is 408 g/mol. The van der Waals surface area contributed by atoms with Gasteiger partial charge in [0.05, 0.1) is 18.1 Å². The van der Waals surface area contributed by atoms with Crippen LogP contribution in [0.25, 0.3) is 11.0 Å². The standard InChI is InChI=1S/C23H28N4O3/c1-4-15(2)21(22(29)27-23-24-17-10-6-7-11-18(17)25-23)26-20(28)14-13-16-9-5-8-12-19(16)30-3/h5-12,15,21H,4,13-14H2,1-3H3,(H,26,28)(H2,24,25,27,29)/t15-,21+/m0/s1. The molecule has 7 heteroatoms. The van der Waals surface area contributed by atoms with Crippen LogP contribution < -0.4 is 15.4 Å². The topological polar surface area (TPSA) is 96.1 Å². The highest BCUT2D eigenvalue weighted by molar-refractivity contribution is 5.97. The third-order valence-electron chi connectivity index (χ3n) is 5.26. The van der Waals surface area contributed by atoms with E-state index in [0.29, 0.717) is 12.4 Å². The number of anilines is 1. The number of nitrogens with one attached hydrogen (secondary N) is 3. The Morgan fingerprint density at radius 3 is 2.60 bits per heavy atom. The summed E-state index contributed by atoms with van der Waals surface area (Å²) in [6.45, 7) is 3.94. The van der Waals surface area contributed by atoms with Crippen LogP contribution in [0.2, 0.25) is 0 Å². The second kappa shape index (κ2) is 9.91. The van der Waals surface area contributed by atoms with E-state index in [2.05, 4.69) is 20.6 Å². The molecule has 0 fully saturated rings. The number of para-hydroxylation sites is 3. The van der Waals surface area contributed by atoms with Crippen molar-refractivity contribution in [3.05, 3.63) is 54.1 Å². The van der Waals surface area contributed by atoms with Gasteiger partial charge in [0, 0.05) is 6.42 Å². The number of aromatic nitrogens is 2. The molecule has 0 unspecified atom stereocenters. The minimum Gasteiger partial charge on any atom is -0.496 e. The second-order valence-corrected chi connectivity index (χ2v) is 7.33. The summed E-state index contributed by atoms with van der Waals surface area (Å²) in [7, 11) is 1.61. The number of carbonyl (C=O) groups is 2. The summed E-state index contributed by atoms with van der Waals surface area (Å²) in [4.78, 5) is 32.9. The third kappa shape index (κ3) is 5.17. The van der Waals surface area contributed by atoms with Gasteiger partial charge in [0.15, 0.2) is 0 Å². The Morgan fingerprint density at radius 1 is 1.13 bits per heavy atom. The van der Waals surface area contributed by atoms with E-state index in [-0.39, 0.29) is 24.2 Å². The minimum absolute atomic E-state index is 0.0235. The number of amides is 2. The molecule has 2 amide bonds. The van der Waals surface area contributed by atoms with Gasteiger partial charge in [-0.2, -0.15) is 0 Å². The van der Waals surface area contributed by atoms with E-state index in [4.69, 9.17) is 4.74 Å². The van der Waals surface area contributed by atoms with Crippen LogP contribution in [-0.2, 0) is 16.0 Å². The van der Waals surface area contributed by atoms with Crippen LogP contribution in [0.3, 0.4) is 0 Å². The lowest BCUT2D eigenvalue weighted by atomic mass is 9.98. The zero-order valence-corrected chi connectivity index (χ0v) is 17.6. The molecule has 2 aromatic carbocycles. The van der Waals surface area contributed by atoms with Gasteiger partial charge in [-0.3, -0.25) is 14.9 Å². The normalized spacial score (nSPS) is 12.9. The van der Waals surface area contributed by atoms with Crippen molar-refractivity contribution in [1.29, 1.82) is 0 Å². The molecule has 0 saturated carbocycles. The first-order chi connectivity index (χ1) is 14.5.